The number of rotatable bonds is 6. The molecule has 0 unspecified atom stereocenters. The molecule has 1 aromatic carbocycles. The molecule has 1 amide bonds. The summed E-state index contributed by atoms with van der Waals surface area (Å²) in [6.45, 7) is -0.359. The Morgan fingerprint density at radius 3 is 2.52 bits per heavy atom. The Kier molecular flexibility index (Phi) is 5.38. The van der Waals surface area contributed by atoms with Crippen molar-refractivity contribution in [1.29, 1.82) is 0 Å². The fraction of sp³-hybridized carbons (Fsp3) is 0.214. The molecule has 2 rings (SSSR count). The van der Waals surface area contributed by atoms with Gasteiger partial charge in [-0.05, 0) is 30.3 Å². The normalized spacial score (nSPS) is 12.0. The van der Waals surface area contributed by atoms with Gasteiger partial charge in [0.05, 0.1) is 29.8 Å². The molecule has 0 aliphatic heterocycles. The second-order valence-electron chi connectivity index (χ2n) is 4.96. The molecule has 2 aromatic rings. The van der Waals surface area contributed by atoms with Crippen LogP contribution < -0.4 is 15.8 Å². The minimum atomic E-state index is -4.83. The average molecular weight is 377 g/mol. The van der Waals surface area contributed by atoms with Crippen molar-refractivity contribution in [2.45, 2.75) is 17.6 Å². The summed E-state index contributed by atoms with van der Waals surface area (Å²) < 4.78 is 66.7. The number of carbonyl (C=O) groups excluding carboxylic acids is 1. The Bertz CT molecular complexity index is 849. The van der Waals surface area contributed by atoms with E-state index in [0.717, 1.165) is 12.1 Å². The SMILES string of the molecule is NS(=O)(=O)c1ccc(NCC(=O)NCc2ccco2)c(C(F)(F)F)c1. The van der Waals surface area contributed by atoms with Crippen LogP contribution in [0.5, 0.6) is 0 Å². The van der Waals surface area contributed by atoms with Crippen LogP contribution in [0, 0.1) is 0 Å². The van der Waals surface area contributed by atoms with E-state index in [-0.39, 0.29) is 6.54 Å². The third-order valence-corrected chi connectivity index (χ3v) is 4.02. The van der Waals surface area contributed by atoms with E-state index in [1.165, 1.54) is 6.26 Å². The molecule has 0 radical (unpaired) electrons. The lowest BCUT2D eigenvalue weighted by Crippen LogP contribution is -2.29. The summed E-state index contributed by atoms with van der Waals surface area (Å²) in [5, 5.41) is 9.63. The van der Waals surface area contributed by atoms with Crippen LogP contribution in [-0.4, -0.2) is 20.9 Å². The summed E-state index contributed by atoms with van der Waals surface area (Å²) in [4.78, 5) is 11.0. The highest BCUT2D eigenvalue weighted by atomic mass is 32.2. The van der Waals surface area contributed by atoms with E-state index in [4.69, 9.17) is 9.56 Å². The quantitative estimate of drug-likeness (QED) is 0.709. The zero-order valence-corrected chi connectivity index (χ0v) is 13.4. The molecule has 0 aliphatic carbocycles. The summed E-state index contributed by atoms with van der Waals surface area (Å²) in [6.07, 6.45) is -3.41. The number of alkyl halides is 3. The highest BCUT2D eigenvalue weighted by Crippen LogP contribution is 2.36. The molecule has 25 heavy (non-hydrogen) atoms. The maximum atomic E-state index is 13.1. The van der Waals surface area contributed by atoms with Gasteiger partial charge in [-0.15, -0.1) is 0 Å². The lowest BCUT2D eigenvalue weighted by atomic mass is 10.1. The lowest BCUT2D eigenvalue weighted by Gasteiger charge is -2.15. The maximum absolute atomic E-state index is 13.1. The van der Waals surface area contributed by atoms with Crippen molar-refractivity contribution in [1.82, 2.24) is 5.32 Å². The number of sulfonamides is 1. The van der Waals surface area contributed by atoms with Crippen molar-refractivity contribution in [2.75, 3.05) is 11.9 Å². The van der Waals surface area contributed by atoms with Crippen LogP contribution in [0.4, 0.5) is 18.9 Å². The molecule has 0 bridgehead atoms. The van der Waals surface area contributed by atoms with Crippen molar-refractivity contribution in [3.05, 3.63) is 47.9 Å². The van der Waals surface area contributed by atoms with Crippen molar-refractivity contribution in [2.24, 2.45) is 5.14 Å². The van der Waals surface area contributed by atoms with Gasteiger partial charge in [0.2, 0.25) is 15.9 Å². The molecule has 1 aromatic heterocycles. The fourth-order valence-electron chi connectivity index (χ4n) is 1.93. The lowest BCUT2D eigenvalue weighted by molar-refractivity contribution is -0.137. The van der Waals surface area contributed by atoms with Gasteiger partial charge in [0, 0.05) is 5.69 Å². The first-order valence-corrected chi connectivity index (χ1v) is 8.39. The van der Waals surface area contributed by atoms with E-state index in [1.807, 2.05) is 0 Å². The van der Waals surface area contributed by atoms with E-state index >= 15 is 0 Å². The Hall–Kier alpha value is -2.53. The zero-order chi connectivity index (χ0) is 18.7. The van der Waals surface area contributed by atoms with Gasteiger partial charge in [-0.3, -0.25) is 4.79 Å². The number of amides is 1. The summed E-state index contributed by atoms with van der Waals surface area (Å²) in [5.74, 6) is -0.0816. The smallest absolute Gasteiger partial charge is 0.418 e. The summed E-state index contributed by atoms with van der Waals surface area (Å²) in [5.41, 5.74) is -1.68. The van der Waals surface area contributed by atoms with Gasteiger partial charge in [-0.2, -0.15) is 13.2 Å². The Labute approximate surface area is 141 Å². The predicted octanol–water partition coefficient (Wildman–Crippen LogP) is 1.67. The minimum absolute atomic E-state index is 0.0873. The fourth-order valence-corrected chi connectivity index (χ4v) is 2.47. The van der Waals surface area contributed by atoms with Crippen LogP contribution in [0.1, 0.15) is 11.3 Å². The highest BCUT2D eigenvalue weighted by Gasteiger charge is 2.34. The molecular weight excluding hydrogens is 363 g/mol. The molecule has 0 spiro atoms. The first-order valence-electron chi connectivity index (χ1n) is 6.84. The molecular formula is C14H14F3N3O4S. The minimum Gasteiger partial charge on any atom is -0.467 e. The topological polar surface area (TPSA) is 114 Å². The third-order valence-electron chi connectivity index (χ3n) is 3.10. The van der Waals surface area contributed by atoms with Crippen LogP contribution in [0.3, 0.4) is 0 Å². The molecule has 0 aliphatic rings. The van der Waals surface area contributed by atoms with Crippen molar-refractivity contribution < 1.29 is 30.8 Å². The number of nitrogens with one attached hydrogen (secondary N) is 2. The second-order valence-corrected chi connectivity index (χ2v) is 6.52. The monoisotopic (exact) mass is 377 g/mol. The van der Waals surface area contributed by atoms with Crippen molar-refractivity contribution >= 4 is 21.6 Å². The van der Waals surface area contributed by atoms with Crippen LogP contribution in [0.25, 0.3) is 0 Å². The maximum Gasteiger partial charge on any atom is 0.418 e. The number of nitrogens with two attached hydrogens (primary N) is 1. The number of furan rings is 1. The van der Waals surface area contributed by atoms with E-state index in [9.17, 15) is 26.4 Å². The zero-order valence-electron chi connectivity index (χ0n) is 12.6. The first-order chi connectivity index (χ1) is 11.6. The van der Waals surface area contributed by atoms with Gasteiger partial charge in [0.1, 0.15) is 5.76 Å². The Morgan fingerprint density at radius 1 is 1.24 bits per heavy atom. The second kappa shape index (κ2) is 7.15. The number of anilines is 1. The molecule has 11 heteroatoms. The molecule has 1 heterocycles. The van der Waals surface area contributed by atoms with Gasteiger partial charge in [0.25, 0.3) is 0 Å². The number of hydrogen-bond acceptors (Lipinski definition) is 5. The van der Waals surface area contributed by atoms with Gasteiger partial charge in [-0.25, -0.2) is 13.6 Å². The number of hydrogen-bond donors (Lipinski definition) is 3. The number of primary sulfonamides is 1. The third kappa shape index (κ3) is 5.22. The van der Waals surface area contributed by atoms with Gasteiger partial charge in [0.15, 0.2) is 0 Å². The standard InChI is InChI=1S/C14H14F3N3O4S/c15-14(16,17)11-6-10(25(18,22)23)3-4-12(11)19-8-13(21)20-7-9-2-1-5-24-9/h1-6,19H,7-8H2,(H,20,21)(H2,18,22,23). The largest absolute Gasteiger partial charge is 0.467 e. The number of carbonyl (C=O) groups is 1. The van der Waals surface area contributed by atoms with Crippen LogP contribution in [0.15, 0.2) is 45.9 Å². The molecule has 136 valence electrons. The van der Waals surface area contributed by atoms with Crippen LogP contribution >= 0.6 is 0 Å². The molecule has 0 saturated carbocycles. The predicted molar refractivity (Wildman–Crippen MR) is 81.9 cm³/mol. The summed E-state index contributed by atoms with van der Waals surface area (Å²) in [6, 6.07) is 5.50. The van der Waals surface area contributed by atoms with Gasteiger partial charge in [-0.1, -0.05) is 0 Å². The van der Waals surface area contributed by atoms with E-state index < -0.39 is 44.8 Å². The van der Waals surface area contributed by atoms with Crippen molar-refractivity contribution in [3.8, 4) is 0 Å². The number of halogens is 3. The number of benzene rings is 1. The van der Waals surface area contributed by atoms with E-state index in [2.05, 4.69) is 10.6 Å². The Morgan fingerprint density at radius 2 is 1.96 bits per heavy atom. The molecule has 0 atom stereocenters. The van der Waals surface area contributed by atoms with Gasteiger partial charge < -0.3 is 15.1 Å². The van der Waals surface area contributed by atoms with Crippen LogP contribution in [-0.2, 0) is 27.5 Å². The van der Waals surface area contributed by atoms with Gasteiger partial charge >= 0.3 is 6.18 Å². The first kappa shape index (κ1) is 18.8. The Balaban J connectivity index is 2.09. The summed E-state index contributed by atoms with van der Waals surface area (Å²) >= 11 is 0. The summed E-state index contributed by atoms with van der Waals surface area (Å²) in [7, 11) is -4.28. The molecule has 7 nitrogen and oxygen atoms in total. The average Bonchev–Trinajstić information content (AvgIpc) is 3.02. The molecule has 4 N–H and O–H groups in total. The van der Waals surface area contributed by atoms with E-state index in [0.29, 0.717) is 11.8 Å². The highest BCUT2D eigenvalue weighted by molar-refractivity contribution is 7.89. The van der Waals surface area contributed by atoms with Crippen LogP contribution in [0.2, 0.25) is 0 Å². The molecule has 0 saturated heterocycles. The molecule has 0 fully saturated rings. The van der Waals surface area contributed by atoms with Crippen molar-refractivity contribution in [3.63, 3.8) is 0 Å². The van der Waals surface area contributed by atoms with E-state index in [1.54, 1.807) is 12.1 Å².